The number of thiocarbonyl (C=S) groups is 1. The number of aromatic carboxylic acids is 1. The van der Waals surface area contributed by atoms with Gasteiger partial charge in [0, 0.05) is 0 Å². The Kier molecular flexibility index (Phi) is 10.8. The lowest BCUT2D eigenvalue weighted by Crippen LogP contribution is -1.93. The molecule has 0 aliphatic rings. The van der Waals surface area contributed by atoms with Crippen molar-refractivity contribution in [1.29, 1.82) is 0 Å². The van der Waals surface area contributed by atoms with Crippen LogP contribution < -0.4 is 0 Å². The lowest BCUT2D eigenvalue weighted by Gasteiger charge is -2.01. The molecule has 0 fully saturated rings. The smallest absolute Gasteiger partial charge is 0.335 e. The van der Waals surface area contributed by atoms with Crippen LogP contribution in [0, 0.1) is 0 Å². The highest BCUT2D eigenvalue weighted by Crippen LogP contribution is 2.11. The lowest BCUT2D eigenvalue weighted by atomic mass is 10.0. The molecule has 0 radical (unpaired) electrons. The van der Waals surface area contributed by atoms with Gasteiger partial charge in [0.05, 0.1) is 9.76 Å². The van der Waals surface area contributed by atoms with Gasteiger partial charge in [-0.1, -0.05) is 105 Å². The Balaban J connectivity index is 0.000000202. The van der Waals surface area contributed by atoms with Crippen molar-refractivity contribution < 1.29 is 9.90 Å². The largest absolute Gasteiger partial charge is 0.478 e. The van der Waals surface area contributed by atoms with E-state index in [0.29, 0.717) is 15.7 Å². The second kappa shape index (κ2) is 12.8. The Morgan fingerprint density at radius 1 is 0.778 bits per heavy atom. The fourth-order valence-corrected chi connectivity index (χ4v) is 2.28. The summed E-state index contributed by atoms with van der Waals surface area (Å²) in [5.74, 6) is -0.221. The zero-order chi connectivity index (χ0) is 20.1. The minimum absolute atomic E-state index is 0.331. The molecule has 3 aromatic carbocycles. The molecule has 0 saturated heterocycles. The number of thiol groups is 1. The van der Waals surface area contributed by atoms with Crippen molar-refractivity contribution in [3.8, 4) is 0 Å². The first-order valence-corrected chi connectivity index (χ1v) is 9.39. The summed E-state index contributed by atoms with van der Waals surface area (Å²) < 4.78 is 0.649. The zero-order valence-corrected chi connectivity index (χ0v) is 17.2. The van der Waals surface area contributed by atoms with Crippen LogP contribution in [0.15, 0.2) is 91.0 Å². The van der Waals surface area contributed by atoms with Gasteiger partial charge in [-0.3, -0.25) is 0 Å². The van der Waals surface area contributed by atoms with E-state index in [1.54, 1.807) is 30.3 Å². The molecule has 140 valence electrons. The Hall–Kier alpha value is -2.43. The molecule has 0 aliphatic carbocycles. The standard InChI is InChI=1S/C9H12.C7H6O2.C7H6S2/c1-8(2)9-6-4-3-5-7-9;2*8-7(9)6-4-2-1-3-5-6/h3-8H,1-2H3;2*1-5H,(H,8,9). The predicted molar refractivity (Wildman–Crippen MR) is 121 cm³/mol. The number of rotatable bonds is 3. The second-order valence-corrected chi connectivity index (χ2v) is 7.07. The van der Waals surface area contributed by atoms with Crippen molar-refractivity contribution >= 4 is 35.0 Å². The Morgan fingerprint density at radius 3 is 1.37 bits per heavy atom. The van der Waals surface area contributed by atoms with E-state index in [4.69, 9.17) is 17.3 Å². The van der Waals surface area contributed by atoms with Gasteiger partial charge >= 0.3 is 5.97 Å². The Morgan fingerprint density at radius 2 is 1.15 bits per heavy atom. The summed E-state index contributed by atoms with van der Waals surface area (Å²) in [4.78, 5) is 10.2. The van der Waals surface area contributed by atoms with Crippen molar-refractivity contribution in [3.05, 3.63) is 108 Å². The highest BCUT2D eigenvalue weighted by molar-refractivity contribution is 8.11. The minimum Gasteiger partial charge on any atom is -0.478 e. The van der Waals surface area contributed by atoms with E-state index in [9.17, 15) is 4.79 Å². The molecule has 0 aliphatic heterocycles. The molecule has 0 aromatic heterocycles. The first-order chi connectivity index (χ1) is 12.9. The lowest BCUT2D eigenvalue weighted by molar-refractivity contribution is 0.0697. The van der Waals surface area contributed by atoms with Gasteiger partial charge in [-0.25, -0.2) is 4.79 Å². The fourth-order valence-electron chi connectivity index (χ4n) is 2.00. The molecule has 0 unspecified atom stereocenters. The van der Waals surface area contributed by atoms with E-state index in [-0.39, 0.29) is 0 Å². The number of carboxylic acids is 1. The molecule has 4 heteroatoms. The summed E-state index contributed by atoms with van der Waals surface area (Å²) in [6, 6.07) is 28.5. The molecule has 2 nitrogen and oxygen atoms in total. The van der Waals surface area contributed by atoms with Gasteiger partial charge in [-0.15, -0.1) is 12.6 Å². The fraction of sp³-hybridized carbons (Fsp3) is 0.130. The average molecular weight is 397 g/mol. The highest BCUT2D eigenvalue weighted by atomic mass is 32.1. The van der Waals surface area contributed by atoms with Crippen LogP contribution >= 0.6 is 24.8 Å². The van der Waals surface area contributed by atoms with Crippen molar-refractivity contribution in [2.75, 3.05) is 0 Å². The van der Waals surface area contributed by atoms with Crippen LogP contribution in [0.5, 0.6) is 0 Å². The molecule has 1 N–H and O–H groups in total. The maximum Gasteiger partial charge on any atom is 0.335 e. The van der Waals surface area contributed by atoms with Crippen LogP contribution in [0.3, 0.4) is 0 Å². The molecule has 3 rings (SSSR count). The molecule has 0 atom stereocenters. The van der Waals surface area contributed by atoms with E-state index < -0.39 is 5.97 Å². The third-order valence-corrected chi connectivity index (χ3v) is 4.00. The third-order valence-electron chi connectivity index (χ3n) is 3.51. The minimum atomic E-state index is -0.879. The van der Waals surface area contributed by atoms with Crippen LogP contribution in [0.2, 0.25) is 0 Å². The van der Waals surface area contributed by atoms with Gasteiger partial charge < -0.3 is 5.11 Å². The molecule has 27 heavy (non-hydrogen) atoms. The molecular weight excluding hydrogens is 372 g/mol. The third kappa shape index (κ3) is 9.73. The second-order valence-electron chi connectivity index (χ2n) is 5.91. The van der Waals surface area contributed by atoms with E-state index in [0.717, 1.165) is 5.56 Å². The maximum absolute atomic E-state index is 10.2. The van der Waals surface area contributed by atoms with E-state index in [1.165, 1.54) is 5.56 Å². The Bertz CT molecular complexity index is 752. The van der Waals surface area contributed by atoms with Crippen LogP contribution in [0.1, 0.15) is 41.3 Å². The number of carboxylic acid groups (broad SMARTS) is 1. The topological polar surface area (TPSA) is 37.3 Å². The SMILES string of the molecule is CC(C)c1ccccc1.O=C(O)c1ccccc1.S=C(S)c1ccccc1. The number of hydrogen-bond donors (Lipinski definition) is 2. The monoisotopic (exact) mass is 396 g/mol. The summed E-state index contributed by atoms with van der Waals surface area (Å²) in [6.45, 7) is 4.41. The first kappa shape index (κ1) is 22.6. The van der Waals surface area contributed by atoms with Gasteiger partial charge in [0.2, 0.25) is 0 Å². The molecule has 0 heterocycles. The molecule has 0 bridgehead atoms. The Labute approximate surface area is 172 Å². The first-order valence-electron chi connectivity index (χ1n) is 8.53. The molecule has 0 amide bonds. The van der Waals surface area contributed by atoms with Crippen LogP contribution in [0.25, 0.3) is 0 Å². The normalized spacial score (nSPS) is 9.33. The summed E-state index contributed by atoms with van der Waals surface area (Å²) in [5, 5.41) is 8.38. The van der Waals surface area contributed by atoms with Crippen molar-refractivity contribution in [2.45, 2.75) is 19.8 Å². The number of carbonyl (C=O) groups is 1. The molecular formula is C23H24O2S2. The molecule has 3 aromatic rings. The van der Waals surface area contributed by atoms with Crippen molar-refractivity contribution in [1.82, 2.24) is 0 Å². The quantitative estimate of drug-likeness (QED) is 0.393. The average Bonchev–Trinajstić information content (AvgIpc) is 2.71. The van der Waals surface area contributed by atoms with Crippen molar-refractivity contribution in [3.63, 3.8) is 0 Å². The summed E-state index contributed by atoms with van der Waals surface area (Å²) in [6.07, 6.45) is 0. The van der Waals surface area contributed by atoms with Crippen LogP contribution in [-0.4, -0.2) is 15.3 Å². The zero-order valence-electron chi connectivity index (χ0n) is 15.4. The van der Waals surface area contributed by atoms with Crippen LogP contribution in [-0.2, 0) is 0 Å². The number of benzene rings is 3. The van der Waals surface area contributed by atoms with Gasteiger partial charge in [0.15, 0.2) is 0 Å². The van der Waals surface area contributed by atoms with E-state index in [1.807, 2.05) is 36.4 Å². The summed E-state index contributed by atoms with van der Waals surface area (Å²) >= 11 is 8.85. The summed E-state index contributed by atoms with van der Waals surface area (Å²) in [7, 11) is 0. The molecule has 0 saturated carbocycles. The van der Waals surface area contributed by atoms with Gasteiger partial charge in [0.1, 0.15) is 0 Å². The highest BCUT2D eigenvalue weighted by Gasteiger charge is 1.96. The number of hydrogen-bond acceptors (Lipinski definition) is 2. The van der Waals surface area contributed by atoms with Gasteiger partial charge in [-0.05, 0) is 29.2 Å². The molecule has 0 spiro atoms. The summed E-state index contributed by atoms with van der Waals surface area (Å²) in [5.41, 5.74) is 2.76. The predicted octanol–water partition coefficient (Wildman–Crippen LogP) is 6.49. The van der Waals surface area contributed by atoms with Crippen molar-refractivity contribution in [2.24, 2.45) is 0 Å². The maximum atomic E-state index is 10.2. The van der Waals surface area contributed by atoms with Gasteiger partial charge in [0.25, 0.3) is 0 Å². The van der Waals surface area contributed by atoms with E-state index in [2.05, 4.69) is 50.7 Å². The van der Waals surface area contributed by atoms with Gasteiger partial charge in [-0.2, -0.15) is 0 Å². The van der Waals surface area contributed by atoms with Crippen LogP contribution in [0.4, 0.5) is 0 Å². The van der Waals surface area contributed by atoms with E-state index >= 15 is 0 Å².